The quantitative estimate of drug-likeness (QED) is 0.477. The molecule has 2 heterocycles. The lowest BCUT2D eigenvalue weighted by Crippen LogP contribution is -2.49. The maximum Gasteiger partial charge on any atom is 0.292 e. The predicted molar refractivity (Wildman–Crippen MR) is 136 cm³/mol. The molecule has 0 unspecified atom stereocenters. The smallest absolute Gasteiger partial charge is 0.292 e. The molecule has 1 aliphatic rings. The highest BCUT2D eigenvalue weighted by molar-refractivity contribution is 6.33. The fraction of sp³-hybridized carbons (Fsp3) is 0.192. The number of amides is 1. The van der Waals surface area contributed by atoms with Crippen LogP contribution in [0.25, 0.3) is 16.5 Å². The van der Waals surface area contributed by atoms with E-state index in [1.807, 2.05) is 77.7 Å². The second-order valence-electron chi connectivity index (χ2n) is 8.23. The number of hydrogen-bond acceptors (Lipinski definition) is 5. The van der Waals surface area contributed by atoms with Crippen LogP contribution in [0.1, 0.15) is 0 Å². The second kappa shape index (κ2) is 9.67. The predicted octanol–water partition coefficient (Wildman–Crippen LogP) is 3.80. The zero-order valence-corrected chi connectivity index (χ0v) is 19.3. The van der Waals surface area contributed by atoms with E-state index in [1.54, 1.807) is 6.20 Å². The Labute approximate surface area is 202 Å². The molecule has 1 fully saturated rings. The van der Waals surface area contributed by atoms with Crippen molar-refractivity contribution < 1.29 is 4.79 Å². The van der Waals surface area contributed by atoms with Gasteiger partial charge in [-0.15, -0.1) is 0 Å². The van der Waals surface area contributed by atoms with E-state index in [2.05, 4.69) is 15.3 Å². The molecule has 7 nitrogen and oxygen atoms in total. The van der Waals surface area contributed by atoms with Crippen LogP contribution in [0.2, 0.25) is 5.02 Å². The molecule has 0 saturated carbocycles. The van der Waals surface area contributed by atoms with E-state index in [0.29, 0.717) is 44.1 Å². The summed E-state index contributed by atoms with van der Waals surface area (Å²) in [7, 11) is 0. The van der Waals surface area contributed by atoms with Gasteiger partial charge < -0.3 is 10.2 Å². The fourth-order valence-corrected chi connectivity index (χ4v) is 4.52. The summed E-state index contributed by atoms with van der Waals surface area (Å²) in [6.45, 7) is 2.97. The molecule has 1 N–H and O–H groups in total. The Balaban J connectivity index is 1.22. The number of fused-ring (bicyclic) bond motifs is 1. The van der Waals surface area contributed by atoms with Crippen LogP contribution < -0.4 is 15.8 Å². The molecule has 34 heavy (non-hydrogen) atoms. The van der Waals surface area contributed by atoms with Crippen molar-refractivity contribution in [3.8, 4) is 5.69 Å². The third-order valence-electron chi connectivity index (χ3n) is 6.05. The monoisotopic (exact) mass is 473 g/mol. The lowest BCUT2D eigenvalue weighted by molar-refractivity contribution is -0.117. The molecule has 0 atom stereocenters. The lowest BCUT2D eigenvalue weighted by atomic mass is 10.1. The molecular weight excluding hydrogens is 450 g/mol. The van der Waals surface area contributed by atoms with Gasteiger partial charge in [-0.1, -0.05) is 66.2 Å². The first-order chi connectivity index (χ1) is 16.6. The number of halogens is 1. The number of para-hydroxylation sites is 1. The standard InChI is InChI=1S/C26H24ClN5O2/c27-25-23(17-28-32(26(25)34)20-9-2-1-3-10-20)31-15-13-30(14-16-31)18-24(33)29-22-12-6-8-19-7-4-5-11-21(19)22/h1-12,17H,13-16,18H2,(H,29,33). The van der Waals surface area contributed by atoms with Crippen molar-refractivity contribution in [1.82, 2.24) is 14.7 Å². The fourth-order valence-electron chi connectivity index (χ4n) is 4.27. The molecule has 8 heteroatoms. The van der Waals surface area contributed by atoms with Gasteiger partial charge in [-0.3, -0.25) is 14.5 Å². The van der Waals surface area contributed by atoms with Crippen molar-refractivity contribution in [2.24, 2.45) is 0 Å². The normalized spacial score (nSPS) is 14.3. The summed E-state index contributed by atoms with van der Waals surface area (Å²) < 4.78 is 1.31. The zero-order chi connectivity index (χ0) is 23.5. The Hall–Kier alpha value is -3.68. The third kappa shape index (κ3) is 4.53. The average molecular weight is 474 g/mol. The number of anilines is 2. The summed E-state index contributed by atoms with van der Waals surface area (Å²) in [5, 5.41) is 9.64. The van der Waals surface area contributed by atoms with Gasteiger partial charge in [0.1, 0.15) is 5.02 Å². The lowest BCUT2D eigenvalue weighted by Gasteiger charge is -2.35. The van der Waals surface area contributed by atoms with Gasteiger partial charge in [0.25, 0.3) is 5.56 Å². The van der Waals surface area contributed by atoms with Crippen LogP contribution in [-0.4, -0.2) is 53.3 Å². The highest BCUT2D eigenvalue weighted by Crippen LogP contribution is 2.24. The van der Waals surface area contributed by atoms with Gasteiger partial charge in [0.2, 0.25) is 5.91 Å². The van der Waals surface area contributed by atoms with E-state index in [9.17, 15) is 9.59 Å². The van der Waals surface area contributed by atoms with Crippen molar-refractivity contribution in [1.29, 1.82) is 0 Å². The molecule has 5 rings (SSSR count). The summed E-state index contributed by atoms with van der Waals surface area (Å²) in [6.07, 6.45) is 1.64. The van der Waals surface area contributed by atoms with Crippen LogP contribution in [0.5, 0.6) is 0 Å². The summed E-state index contributed by atoms with van der Waals surface area (Å²) in [5.74, 6) is -0.0463. The average Bonchev–Trinajstić information content (AvgIpc) is 2.87. The molecule has 0 radical (unpaired) electrons. The Kier molecular flexibility index (Phi) is 6.29. The van der Waals surface area contributed by atoms with Crippen LogP contribution in [-0.2, 0) is 4.79 Å². The van der Waals surface area contributed by atoms with Gasteiger partial charge in [-0.2, -0.15) is 9.78 Å². The molecule has 1 saturated heterocycles. The second-order valence-corrected chi connectivity index (χ2v) is 8.61. The Morgan fingerprint density at radius 1 is 0.912 bits per heavy atom. The topological polar surface area (TPSA) is 70.5 Å². The Bertz CT molecular complexity index is 1380. The first-order valence-electron chi connectivity index (χ1n) is 11.2. The summed E-state index contributed by atoms with van der Waals surface area (Å²) >= 11 is 6.45. The van der Waals surface area contributed by atoms with E-state index in [4.69, 9.17) is 11.6 Å². The number of carbonyl (C=O) groups is 1. The summed E-state index contributed by atoms with van der Waals surface area (Å²) in [6, 6.07) is 23.1. The van der Waals surface area contributed by atoms with E-state index >= 15 is 0 Å². The number of nitrogens with one attached hydrogen (secondary N) is 1. The number of rotatable bonds is 5. The highest BCUT2D eigenvalue weighted by atomic mass is 35.5. The minimum atomic E-state index is -0.345. The number of aromatic nitrogens is 2. The van der Waals surface area contributed by atoms with Crippen molar-refractivity contribution in [2.75, 3.05) is 42.9 Å². The largest absolute Gasteiger partial charge is 0.366 e. The van der Waals surface area contributed by atoms with E-state index in [-0.39, 0.29) is 16.5 Å². The van der Waals surface area contributed by atoms with Gasteiger partial charge in [-0.05, 0) is 23.6 Å². The Morgan fingerprint density at radius 2 is 1.62 bits per heavy atom. The van der Waals surface area contributed by atoms with Crippen LogP contribution in [0.3, 0.4) is 0 Å². The van der Waals surface area contributed by atoms with Crippen molar-refractivity contribution in [2.45, 2.75) is 0 Å². The maximum atomic E-state index is 12.8. The van der Waals surface area contributed by atoms with Gasteiger partial charge in [-0.25, -0.2) is 0 Å². The van der Waals surface area contributed by atoms with Crippen LogP contribution >= 0.6 is 11.6 Å². The van der Waals surface area contributed by atoms with Gasteiger partial charge in [0.15, 0.2) is 0 Å². The van der Waals surface area contributed by atoms with Gasteiger partial charge >= 0.3 is 0 Å². The Morgan fingerprint density at radius 3 is 2.41 bits per heavy atom. The molecule has 172 valence electrons. The number of carbonyl (C=O) groups excluding carboxylic acids is 1. The van der Waals surface area contributed by atoms with Crippen LogP contribution in [0.15, 0.2) is 83.8 Å². The van der Waals surface area contributed by atoms with Crippen LogP contribution in [0, 0.1) is 0 Å². The SMILES string of the molecule is O=C(CN1CCN(c2cnn(-c3ccccc3)c(=O)c2Cl)CC1)Nc1cccc2ccccc12. The number of nitrogens with zero attached hydrogens (tertiary/aromatic N) is 4. The van der Waals surface area contributed by atoms with Crippen molar-refractivity contribution >= 4 is 39.7 Å². The molecule has 3 aromatic carbocycles. The molecule has 0 spiro atoms. The summed E-state index contributed by atoms with van der Waals surface area (Å²) in [5.41, 5.74) is 1.77. The first-order valence-corrected chi connectivity index (χ1v) is 11.6. The molecule has 1 amide bonds. The minimum Gasteiger partial charge on any atom is -0.366 e. The minimum absolute atomic E-state index is 0.0463. The number of hydrogen-bond donors (Lipinski definition) is 1. The molecule has 0 aliphatic carbocycles. The van der Waals surface area contributed by atoms with Gasteiger partial charge in [0, 0.05) is 37.3 Å². The van der Waals surface area contributed by atoms with Crippen LogP contribution in [0.4, 0.5) is 11.4 Å². The molecule has 1 aliphatic heterocycles. The summed E-state index contributed by atoms with van der Waals surface area (Å²) in [4.78, 5) is 29.6. The number of piperazine rings is 1. The number of benzene rings is 3. The van der Waals surface area contributed by atoms with E-state index < -0.39 is 0 Å². The maximum absolute atomic E-state index is 12.8. The first kappa shape index (κ1) is 22.1. The van der Waals surface area contributed by atoms with Crippen molar-refractivity contribution in [3.05, 3.63) is 94.4 Å². The van der Waals surface area contributed by atoms with E-state index in [1.165, 1.54) is 4.68 Å². The van der Waals surface area contributed by atoms with E-state index in [0.717, 1.165) is 16.5 Å². The molecule has 1 aromatic heterocycles. The molecular formula is C26H24ClN5O2. The van der Waals surface area contributed by atoms with Crippen molar-refractivity contribution in [3.63, 3.8) is 0 Å². The molecule has 0 bridgehead atoms. The third-order valence-corrected chi connectivity index (χ3v) is 6.40. The zero-order valence-electron chi connectivity index (χ0n) is 18.5. The molecule has 4 aromatic rings. The van der Waals surface area contributed by atoms with Gasteiger partial charge in [0.05, 0.1) is 24.1 Å². The highest BCUT2D eigenvalue weighted by Gasteiger charge is 2.23.